The van der Waals surface area contributed by atoms with Crippen molar-refractivity contribution in [2.24, 2.45) is 5.84 Å². The zero-order valence-corrected chi connectivity index (χ0v) is 11.4. The zero-order chi connectivity index (χ0) is 14.0. The predicted molar refractivity (Wildman–Crippen MR) is 71.7 cm³/mol. The maximum atomic E-state index is 11.4. The maximum Gasteiger partial charge on any atom is 0.328 e. The fourth-order valence-electron chi connectivity index (χ4n) is 1.78. The molecule has 1 aliphatic rings. The average Bonchev–Trinajstić information content (AvgIpc) is 3.24. The van der Waals surface area contributed by atoms with Crippen LogP contribution in [0, 0.1) is 6.92 Å². The second-order valence-electron chi connectivity index (χ2n) is 4.71. The lowest BCUT2D eigenvalue weighted by atomic mass is 10.2. The molecule has 7 nitrogen and oxygen atoms in total. The Kier molecular flexibility index (Phi) is 3.84. The van der Waals surface area contributed by atoms with Crippen LogP contribution in [0.5, 0.6) is 0 Å². The molecule has 0 saturated heterocycles. The second kappa shape index (κ2) is 5.40. The lowest BCUT2D eigenvalue weighted by Gasteiger charge is -2.16. The van der Waals surface area contributed by atoms with Gasteiger partial charge in [-0.15, -0.1) is 0 Å². The van der Waals surface area contributed by atoms with E-state index in [1.54, 1.807) is 6.92 Å². The highest BCUT2D eigenvalue weighted by Gasteiger charge is 2.28. The minimum Gasteiger partial charge on any atom is -0.467 e. The van der Waals surface area contributed by atoms with E-state index in [0.29, 0.717) is 17.6 Å². The van der Waals surface area contributed by atoms with Gasteiger partial charge in [-0.2, -0.15) is 0 Å². The standard InChI is InChI=1S/C12H19N5O2/c1-6-9(14-7(2)12(18)19-3)15-11(8-4-5-8)16-10(6)17-13/h7-8H,4-5,13H2,1-3H3,(H2,14,15,16,17). The number of nitrogen functional groups attached to an aromatic ring is 1. The molecule has 1 aromatic rings. The van der Waals surface area contributed by atoms with Crippen LogP contribution in [0.3, 0.4) is 0 Å². The molecule has 2 rings (SSSR count). The molecule has 0 aromatic carbocycles. The molecule has 4 N–H and O–H groups in total. The largest absolute Gasteiger partial charge is 0.467 e. The van der Waals surface area contributed by atoms with Crippen molar-refractivity contribution in [3.63, 3.8) is 0 Å². The van der Waals surface area contributed by atoms with E-state index in [1.165, 1.54) is 7.11 Å². The highest BCUT2D eigenvalue weighted by Crippen LogP contribution is 2.39. The van der Waals surface area contributed by atoms with Gasteiger partial charge < -0.3 is 15.5 Å². The third kappa shape index (κ3) is 2.93. The molecule has 0 spiro atoms. The molecule has 0 radical (unpaired) electrons. The summed E-state index contributed by atoms with van der Waals surface area (Å²) in [4.78, 5) is 20.3. The number of nitrogens with two attached hydrogens (primary N) is 1. The molecule has 1 heterocycles. The zero-order valence-electron chi connectivity index (χ0n) is 11.4. The quantitative estimate of drug-likeness (QED) is 0.413. The Morgan fingerprint density at radius 2 is 2.05 bits per heavy atom. The van der Waals surface area contributed by atoms with Crippen LogP contribution in [0.4, 0.5) is 11.6 Å². The Labute approximate surface area is 111 Å². The minimum absolute atomic E-state index is 0.340. The summed E-state index contributed by atoms with van der Waals surface area (Å²) in [6, 6.07) is -0.476. The van der Waals surface area contributed by atoms with E-state index < -0.39 is 6.04 Å². The van der Waals surface area contributed by atoms with Gasteiger partial charge in [0.05, 0.1) is 7.11 Å². The Morgan fingerprint density at radius 1 is 1.42 bits per heavy atom. The summed E-state index contributed by atoms with van der Waals surface area (Å²) in [7, 11) is 1.36. The second-order valence-corrected chi connectivity index (χ2v) is 4.71. The Hall–Kier alpha value is -1.89. The van der Waals surface area contributed by atoms with E-state index in [0.717, 1.165) is 24.2 Å². The van der Waals surface area contributed by atoms with E-state index in [2.05, 4.69) is 25.4 Å². The summed E-state index contributed by atoms with van der Waals surface area (Å²) < 4.78 is 4.69. The lowest BCUT2D eigenvalue weighted by Crippen LogP contribution is -2.28. The molecular weight excluding hydrogens is 246 g/mol. The molecule has 104 valence electrons. The summed E-state index contributed by atoms with van der Waals surface area (Å²) in [5.74, 6) is 7.49. The number of carbonyl (C=O) groups excluding carboxylic acids is 1. The SMILES string of the molecule is COC(=O)C(C)Nc1nc(C2CC2)nc(NN)c1C. The normalized spacial score (nSPS) is 15.8. The van der Waals surface area contributed by atoms with Crippen molar-refractivity contribution in [3.05, 3.63) is 11.4 Å². The lowest BCUT2D eigenvalue weighted by molar-refractivity contribution is -0.141. The number of carbonyl (C=O) groups is 1. The van der Waals surface area contributed by atoms with Crippen molar-refractivity contribution < 1.29 is 9.53 Å². The first-order valence-corrected chi connectivity index (χ1v) is 6.26. The van der Waals surface area contributed by atoms with E-state index in [-0.39, 0.29) is 5.97 Å². The van der Waals surface area contributed by atoms with E-state index in [4.69, 9.17) is 5.84 Å². The van der Waals surface area contributed by atoms with Crippen LogP contribution in [-0.4, -0.2) is 29.1 Å². The fraction of sp³-hybridized carbons (Fsp3) is 0.583. The van der Waals surface area contributed by atoms with Crippen LogP contribution in [0.1, 0.15) is 37.1 Å². The summed E-state index contributed by atoms with van der Waals surface area (Å²) in [6.07, 6.45) is 2.19. The van der Waals surface area contributed by atoms with Crippen LogP contribution in [0.2, 0.25) is 0 Å². The smallest absolute Gasteiger partial charge is 0.328 e. The van der Waals surface area contributed by atoms with Gasteiger partial charge in [0.2, 0.25) is 0 Å². The highest BCUT2D eigenvalue weighted by molar-refractivity contribution is 5.79. The summed E-state index contributed by atoms with van der Waals surface area (Å²) in [6.45, 7) is 3.57. The minimum atomic E-state index is -0.476. The summed E-state index contributed by atoms with van der Waals surface area (Å²) in [5.41, 5.74) is 3.35. The molecule has 0 bridgehead atoms. The van der Waals surface area contributed by atoms with Gasteiger partial charge in [-0.05, 0) is 26.7 Å². The first kappa shape index (κ1) is 13.5. The molecule has 0 amide bonds. The first-order valence-electron chi connectivity index (χ1n) is 6.26. The average molecular weight is 265 g/mol. The number of hydrogen-bond acceptors (Lipinski definition) is 7. The van der Waals surface area contributed by atoms with Gasteiger partial charge in [0.1, 0.15) is 23.5 Å². The van der Waals surface area contributed by atoms with E-state index >= 15 is 0 Å². The molecule has 7 heteroatoms. The summed E-state index contributed by atoms with van der Waals surface area (Å²) >= 11 is 0. The van der Waals surface area contributed by atoms with Crippen LogP contribution >= 0.6 is 0 Å². The molecule has 1 aliphatic carbocycles. The number of ether oxygens (including phenoxy) is 1. The topological polar surface area (TPSA) is 102 Å². The number of nitrogens with zero attached hydrogens (tertiary/aromatic N) is 2. The molecule has 1 saturated carbocycles. The molecule has 1 aromatic heterocycles. The fourth-order valence-corrected chi connectivity index (χ4v) is 1.78. The number of anilines is 2. The van der Waals surface area contributed by atoms with Gasteiger partial charge in [-0.25, -0.2) is 20.6 Å². The van der Waals surface area contributed by atoms with Crippen LogP contribution in [0.15, 0.2) is 0 Å². The van der Waals surface area contributed by atoms with E-state index in [1.807, 2.05) is 6.92 Å². The third-order valence-corrected chi connectivity index (χ3v) is 3.15. The van der Waals surface area contributed by atoms with Gasteiger partial charge in [0, 0.05) is 11.5 Å². The maximum absolute atomic E-state index is 11.4. The molecule has 1 unspecified atom stereocenters. The number of hydrazine groups is 1. The Bertz CT molecular complexity index is 487. The summed E-state index contributed by atoms with van der Waals surface area (Å²) in [5, 5.41) is 3.04. The molecular formula is C12H19N5O2. The van der Waals surface area contributed by atoms with Crippen LogP contribution < -0.4 is 16.6 Å². The highest BCUT2D eigenvalue weighted by atomic mass is 16.5. The third-order valence-electron chi connectivity index (χ3n) is 3.15. The van der Waals surface area contributed by atoms with Crippen molar-refractivity contribution in [3.8, 4) is 0 Å². The van der Waals surface area contributed by atoms with Gasteiger partial charge in [-0.1, -0.05) is 0 Å². The van der Waals surface area contributed by atoms with Gasteiger partial charge in [0.15, 0.2) is 0 Å². The number of hydrogen-bond donors (Lipinski definition) is 3. The van der Waals surface area contributed by atoms with Crippen molar-refractivity contribution in [1.29, 1.82) is 0 Å². The number of nitrogens with one attached hydrogen (secondary N) is 2. The molecule has 1 fully saturated rings. The van der Waals surface area contributed by atoms with Gasteiger partial charge >= 0.3 is 5.97 Å². The van der Waals surface area contributed by atoms with Crippen molar-refractivity contribution in [2.75, 3.05) is 17.9 Å². The van der Waals surface area contributed by atoms with E-state index in [9.17, 15) is 4.79 Å². The Morgan fingerprint density at radius 3 is 2.58 bits per heavy atom. The first-order chi connectivity index (χ1) is 9.06. The van der Waals surface area contributed by atoms with Crippen molar-refractivity contribution in [1.82, 2.24) is 9.97 Å². The predicted octanol–water partition coefficient (Wildman–Crippen LogP) is 0.921. The monoisotopic (exact) mass is 265 g/mol. The van der Waals surface area contributed by atoms with Crippen LogP contribution in [0.25, 0.3) is 0 Å². The number of methoxy groups -OCH3 is 1. The number of aromatic nitrogens is 2. The number of esters is 1. The van der Waals surface area contributed by atoms with Crippen molar-refractivity contribution in [2.45, 2.75) is 38.6 Å². The van der Waals surface area contributed by atoms with Crippen LogP contribution in [-0.2, 0) is 9.53 Å². The van der Waals surface area contributed by atoms with Gasteiger partial charge in [-0.3, -0.25) is 0 Å². The number of rotatable bonds is 5. The van der Waals surface area contributed by atoms with Gasteiger partial charge in [0.25, 0.3) is 0 Å². The molecule has 1 atom stereocenters. The van der Waals surface area contributed by atoms with Crippen molar-refractivity contribution >= 4 is 17.6 Å². The molecule has 19 heavy (non-hydrogen) atoms. The molecule has 0 aliphatic heterocycles. The Balaban J connectivity index is 2.27.